The Morgan fingerprint density at radius 2 is 2.08 bits per heavy atom. The number of nitrogens with zero attached hydrogens (tertiary/aromatic N) is 3. The molecule has 2 aliphatic rings. The van der Waals surface area contributed by atoms with E-state index in [-0.39, 0.29) is 18.6 Å². The number of nitrogens with one attached hydrogen (secondary N) is 1. The molecule has 3 heterocycles. The molecule has 0 spiro atoms. The molecule has 11 heteroatoms. The first-order valence-corrected chi connectivity index (χ1v) is 8.26. The Hall–Kier alpha value is -2.30. The maximum Gasteiger partial charge on any atom is 0.423 e. The van der Waals surface area contributed by atoms with Gasteiger partial charge in [0.15, 0.2) is 0 Å². The molecule has 0 aliphatic carbocycles. The number of amides is 1. The maximum atomic E-state index is 13.2. The third-order valence-electron chi connectivity index (χ3n) is 4.32. The molecular formula is C15H19F3N4O4. The summed E-state index contributed by atoms with van der Waals surface area (Å²) in [6, 6.07) is -0.120. The number of anilines is 1. The molecule has 1 amide bonds. The zero-order valence-electron chi connectivity index (χ0n) is 13.8. The van der Waals surface area contributed by atoms with Crippen LogP contribution in [0.5, 0.6) is 5.88 Å². The molecule has 2 N–H and O–H groups in total. The monoisotopic (exact) mass is 376 g/mol. The van der Waals surface area contributed by atoms with Crippen LogP contribution in [0.3, 0.4) is 0 Å². The lowest BCUT2D eigenvalue weighted by Crippen LogP contribution is -2.41. The lowest BCUT2D eigenvalue weighted by molar-refractivity contribution is -0.139. The average Bonchev–Trinajstić information content (AvgIpc) is 3.07. The Morgan fingerprint density at radius 3 is 2.65 bits per heavy atom. The molecular weight excluding hydrogens is 357 g/mol. The van der Waals surface area contributed by atoms with E-state index in [2.05, 4.69) is 15.3 Å². The quantitative estimate of drug-likeness (QED) is 0.832. The predicted octanol–water partition coefficient (Wildman–Crippen LogP) is 2.22. The van der Waals surface area contributed by atoms with Crippen LogP contribution in [-0.2, 0) is 10.9 Å². The molecule has 8 nitrogen and oxygen atoms in total. The number of halogens is 3. The average molecular weight is 376 g/mol. The van der Waals surface area contributed by atoms with Crippen molar-refractivity contribution in [1.82, 2.24) is 14.9 Å². The Balaban J connectivity index is 1.70. The van der Waals surface area contributed by atoms with E-state index in [9.17, 15) is 18.0 Å². The zero-order chi connectivity index (χ0) is 18.7. The Labute approximate surface area is 147 Å². The third-order valence-corrected chi connectivity index (χ3v) is 4.32. The molecule has 0 saturated carbocycles. The Bertz CT molecular complexity index is 644. The number of carbonyl (C=O) groups is 1. The molecule has 1 aromatic rings. The lowest BCUT2D eigenvalue weighted by Gasteiger charge is -2.30. The molecule has 0 unspecified atom stereocenters. The summed E-state index contributed by atoms with van der Waals surface area (Å²) in [5.74, 6) is -0.492. The molecule has 2 aliphatic heterocycles. The van der Waals surface area contributed by atoms with E-state index >= 15 is 0 Å². The number of alkyl halides is 3. The van der Waals surface area contributed by atoms with Crippen LogP contribution < -0.4 is 10.1 Å². The van der Waals surface area contributed by atoms with Gasteiger partial charge in [-0.05, 0) is 12.8 Å². The summed E-state index contributed by atoms with van der Waals surface area (Å²) in [5, 5.41) is 11.9. The van der Waals surface area contributed by atoms with E-state index in [4.69, 9.17) is 14.6 Å². The summed E-state index contributed by atoms with van der Waals surface area (Å²) in [6.45, 7) is 1.34. The van der Waals surface area contributed by atoms with Crippen molar-refractivity contribution in [1.29, 1.82) is 0 Å². The lowest BCUT2D eigenvalue weighted by atomic mass is 10.1. The molecule has 3 rings (SSSR count). The molecule has 0 radical (unpaired) electrons. The fraction of sp³-hybridized carbons (Fsp3) is 0.667. The van der Waals surface area contributed by atoms with Crippen LogP contribution in [-0.4, -0.2) is 64.5 Å². The van der Waals surface area contributed by atoms with E-state index in [0.717, 1.165) is 0 Å². The second-order valence-electron chi connectivity index (χ2n) is 6.20. The van der Waals surface area contributed by atoms with Gasteiger partial charge in [-0.2, -0.15) is 18.2 Å². The van der Waals surface area contributed by atoms with Crippen LogP contribution in [0, 0.1) is 0 Å². The molecule has 0 aromatic carbocycles. The van der Waals surface area contributed by atoms with Gasteiger partial charge >= 0.3 is 12.3 Å². The molecule has 2 fully saturated rings. The van der Waals surface area contributed by atoms with Crippen molar-refractivity contribution in [2.75, 3.05) is 31.6 Å². The number of piperidine rings is 1. The van der Waals surface area contributed by atoms with Gasteiger partial charge in [0.1, 0.15) is 11.7 Å². The summed E-state index contributed by atoms with van der Waals surface area (Å²) in [4.78, 5) is 19.8. The second-order valence-corrected chi connectivity index (χ2v) is 6.20. The number of aromatic nitrogens is 2. The first kappa shape index (κ1) is 18.5. The highest BCUT2D eigenvalue weighted by atomic mass is 19.4. The Kier molecular flexibility index (Phi) is 5.35. The van der Waals surface area contributed by atoms with Gasteiger partial charge in [0.2, 0.25) is 11.8 Å². The molecule has 0 bridgehead atoms. The first-order valence-electron chi connectivity index (χ1n) is 8.26. The molecule has 1 atom stereocenters. The topological polar surface area (TPSA) is 96.8 Å². The van der Waals surface area contributed by atoms with Gasteiger partial charge in [-0.1, -0.05) is 0 Å². The van der Waals surface area contributed by atoms with Gasteiger partial charge in [-0.25, -0.2) is 9.78 Å². The zero-order valence-corrected chi connectivity index (χ0v) is 13.8. The minimum atomic E-state index is -4.62. The number of hydrogen-bond acceptors (Lipinski definition) is 6. The fourth-order valence-electron chi connectivity index (χ4n) is 2.88. The van der Waals surface area contributed by atoms with Gasteiger partial charge in [0, 0.05) is 31.7 Å². The molecule has 144 valence electrons. The summed E-state index contributed by atoms with van der Waals surface area (Å²) >= 11 is 0. The minimum absolute atomic E-state index is 0.0284. The van der Waals surface area contributed by atoms with E-state index in [0.29, 0.717) is 45.2 Å². The van der Waals surface area contributed by atoms with E-state index in [1.807, 2.05) is 0 Å². The summed E-state index contributed by atoms with van der Waals surface area (Å²) < 4.78 is 50.0. The highest BCUT2D eigenvalue weighted by molar-refractivity contribution is 5.65. The fourth-order valence-corrected chi connectivity index (χ4v) is 2.88. The van der Waals surface area contributed by atoms with E-state index in [1.54, 1.807) is 0 Å². The minimum Gasteiger partial charge on any atom is -0.471 e. The van der Waals surface area contributed by atoms with Gasteiger partial charge in [0.25, 0.3) is 0 Å². The summed E-state index contributed by atoms with van der Waals surface area (Å²) in [6.07, 6.45) is -3.85. The van der Waals surface area contributed by atoms with Crippen molar-refractivity contribution >= 4 is 12.0 Å². The van der Waals surface area contributed by atoms with Crippen LogP contribution >= 0.6 is 0 Å². The summed E-state index contributed by atoms with van der Waals surface area (Å²) in [5.41, 5.74) is -1.03. The van der Waals surface area contributed by atoms with Crippen molar-refractivity contribution in [2.45, 2.75) is 37.6 Å². The highest BCUT2D eigenvalue weighted by Gasteiger charge is 2.37. The van der Waals surface area contributed by atoms with Gasteiger partial charge < -0.3 is 24.8 Å². The van der Waals surface area contributed by atoms with Crippen LogP contribution in [0.2, 0.25) is 0 Å². The van der Waals surface area contributed by atoms with Crippen LogP contribution in [0.25, 0.3) is 0 Å². The largest absolute Gasteiger partial charge is 0.471 e. The maximum absolute atomic E-state index is 13.2. The molecule has 2 saturated heterocycles. The SMILES string of the molecule is O=C(O)N1CCC(Nc2ncc(C(F)(F)F)c(O[C@H]3CCOC3)n2)CC1. The van der Waals surface area contributed by atoms with Crippen LogP contribution in [0.15, 0.2) is 6.20 Å². The number of likely N-dealkylation sites (tertiary alicyclic amines) is 1. The van der Waals surface area contributed by atoms with Crippen LogP contribution in [0.4, 0.5) is 23.9 Å². The smallest absolute Gasteiger partial charge is 0.423 e. The summed E-state index contributed by atoms with van der Waals surface area (Å²) in [7, 11) is 0. The molecule has 26 heavy (non-hydrogen) atoms. The molecule has 1 aromatic heterocycles. The van der Waals surface area contributed by atoms with Crippen molar-refractivity contribution in [3.05, 3.63) is 11.8 Å². The number of hydrogen-bond donors (Lipinski definition) is 2. The van der Waals surface area contributed by atoms with E-state index < -0.39 is 29.8 Å². The standard InChI is InChI=1S/C15H19F3N4O4/c16-15(17,18)11-7-19-13(21-12(11)26-10-3-6-25-8-10)20-9-1-4-22(5-2-9)14(23)24/h7,9-10H,1-6,8H2,(H,23,24)(H,19,20,21)/t10-/m0/s1. The third kappa shape index (κ3) is 4.45. The van der Waals surface area contributed by atoms with Gasteiger partial charge in [-0.3, -0.25) is 0 Å². The van der Waals surface area contributed by atoms with Crippen molar-refractivity contribution in [2.24, 2.45) is 0 Å². The van der Waals surface area contributed by atoms with Crippen molar-refractivity contribution < 1.29 is 32.5 Å². The second kappa shape index (κ2) is 7.52. The normalized spacial score (nSPS) is 21.7. The predicted molar refractivity (Wildman–Crippen MR) is 83.1 cm³/mol. The van der Waals surface area contributed by atoms with Gasteiger partial charge in [0.05, 0.1) is 13.2 Å². The number of rotatable bonds is 4. The van der Waals surface area contributed by atoms with Crippen LogP contribution in [0.1, 0.15) is 24.8 Å². The Morgan fingerprint density at radius 1 is 1.35 bits per heavy atom. The number of ether oxygens (including phenoxy) is 2. The van der Waals surface area contributed by atoms with E-state index in [1.165, 1.54) is 4.90 Å². The number of carboxylic acid groups (broad SMARTS) is 1. The van der Waals surface area contributed by atoms with Gasteiger partial charge in [-0.15, -0.1) is 0 Å². The van der Waals surface area contributed by atoms with Crippen molar-refractivity contribution in [3.63, 3.8) is 0 Å². The van der Waals surface area contributed by atoms with Crippen molar-refractivity contribution in [3.8, 4) is 5.88 Å². The highest BCUT2D eigenvalue weighted by Crippen LogP contribution is 2.36. The first-order chi connectivity index (χ1) is 12.3.